The quantitative estimate of drug-likeness (QED) is 0.303. The normalized spacial score (nSPS) is 20.6. The molecule has 0 amide bonds. The summed E-state index contributed by atoms with van der Waals surface area (Å²) in [5.41, 5.74) is -0.936. The highest BCUT2D eigenvalue weighted by molar-refractivity contribution is 7.85. The van der Waals surface area contributed by atoms with Crippen LogP contribution in [0.2, 0.25) is 4.34 Å². The fourth-order valence-corrected chi connectivity index (χ4v) is 7.12. The van der Waals surface area contributed by atoms with Crippen molar-refractivity contribution < 1.29 is 39.9 Å². The Labute approximate surface area is 232 Å². The summed E-state index contributed by atoms with van der Waals surface area (Å²) in [6.45, 7) is -0.312. The zero-order chi connectivity index (χ0) is 28.5. The summed E-state index contributed by atoms with van der Waals surface area (Å²) in [5.74, 6) is -0.985. The highest BCUT2D eigenvalue weighted by atomic mass is 35.5. The number of carbonyl (C=O) groups is 1. The summed E-state index contributed by atoms with van der Waals surface area (Å²) in [6.07, 6.45) is -2.57. The largest absolute Gasteiger partial charge is 0.416 e. The molecule has 4 atom stereocenters. The lowest BCUT2D eigenvalue weighted by atomic mass is 10.1. The molecule has 1 aromatic carbocycles. The van der Waals surface area contributed by atoms with Crippen LogP contribution < -0.4 is 10.5 Å². The third-order valence-corrected chi connectivity index (χ3v) is 9.32. The van der Waals surface area contributed by atoms with E-state index in [0.717, 1.165) is 29.5 Å². The number of alkyl halides is 3. The highest BCUT2D eigenvalue weighted by Crippen LogP contribution is 2.37. The molecule has 0 radical (unpaired) electrons. The van der Waals surface area contributed by atoms with Crippen molar-refractivity contribution in [1.29, 1.82) is 0 Å². The molecule has 0 saturated heterocycles. The third kappa shape index (κ3) is 7.19. The van der Waals surface area contributed by atoms with E-state index in [9.17, 15) is 35.7 Å². The fraction of sp³-hybridized carbons (Fsp3) is 0.318. The molecule has 2 aromatic heterocycles. The van der Waals surface area contributed by atoms with E-state index in [-0.39, 0.29) is 43.4 Å². The minimum absolute atomic E-state index is 0.0210. The van der Waals surface area contributed by atoms with Crippen LogP contribution in [0.3, 0.4) is 0 Å². The maximum absolute atomic E-state index is 13.3. The van der Waals surface area contributed by atoms with Gasteiger partial charge in [0.1, 0.15) is 16.5 Å². The number of carbonyl (C=O) groups excluding carboxylic acids is 1. The van der Waals surface area contributed by atoms with Gasteiger partial charge >= 0.3 is 16.5 Å². The molecule has 1 fully saturated rings. The molecular weight excluding hydrogens is 605 g/mol. The van der Waals surface area contributed by atoms with Gasteiger partial charge in [-0.05, 0) is 37.1 Å². The van der Waals surface area contributed by atoms with Crippen molar-refractivity contribution >= 4 is 55.6 Å². The van der Waals surface area contributed by atoms with Crippen LogP contribution in [0.15, 0.2) is 52.6 Å². The van der Waals surface area contributed by atoms with Crippen LogP contribution in [0.4, 0.5) is 19.0 Å². The fourth-order valence-electron chi connectivity index (χ4n) is 4.02. The maximum Gasteiger partial charge on any atom is 0.416 e. The molecule has 3 aromatic rings. The molecule has 1 aliphatic carbocycles. The molecule has 39 heavy (non-hydrogen) atoms. The van der Waals surface area contributed by atoms with Crippen molar-refractivity contribution in [2.45, 2.75) is 41.0 Å². The Bertz CT molecular complexity index is 1520. The zero-order valence-electron chi connectivity index (χ0n) is 19.6. The van der Waals surface area contributed by atoms with Gasteiger partial charge in [-0.1, -0.05) is 17.7 Å². The Hall–Kier alpha value is -2.47. The van der Waals surface area contributed by atoms with E-state index in [2.05, 4.69) is 19.5 Å². The van der Waals surface area contributed by atoms with Gasteiger partial charge in [0.25, 0.3) is 0 Å². The second-order valence-corrected chi connectivity index (χ2v) is 12.9. The smallest absolute Gasteiger partial charge is 0.393 e. The van der Waals surface area contributed by atoms with Crippen LogP contribution in [-0.2, 0) is 31.5 Å². The minimum atomic E-state index is -4.62. The van der Waals surface area contributed by atoms with Gasteiger partial charge in [-0.3, -0.25) is 8.98 Å². The summed E-state index contributed by atoms with van der Waals surface area (Å²) in [4.78, 5) is 21.2. The molecule has 0 spiro atoms. The van der Waals surface area contributed by atoms with Crippen LogP contribution in [-0.4, -0.2) is 52.2 Å². The number of rotatable bonds is 9. The van der Waals surface area contributed by atoms with Gasteiger partial charge in [-0.15, -0.1) is 11.3 Å². The number of benzene rings is 1. The molecule has 0 aliphatic heterocycles. The Kier molecular flexibility index (Phi) is 8.75. The Morgan fingerprint density at radius 3 is 2.74 bits per heavy atom. The number of nitrogens with one attached hydrogen (secondary N) is 1. The molecule has 210 valence electrons. The van der Waals surface area contributed by atoms with Crippen molar-refractivity contribution in [3.05, 3.63) is 63.2 Å². The molecule has 1 aliphatic rings. The van der Waals surface area contributed by atoms with Gasteiger partial charge in [0, 0.05) is 23.1 Å². The van der Waals surface area contributed by atoms with Crippen molar-refractivity contribution in [1.82, 2.24) is 9.97 Å². The third-order valence-electron chi connectivity index (χ3n) is 5.86. The van der Waals surface area contributed by atoms with Crippen LogP contribution in [0, 0.1) is 5.92 Å². The van der Waals surface area contributed by atoms with Crippen molar-refractivity contribution in [2.24, 2.45) is 11.1 Å². The second-order valence-electron chi connectivity index (χ2n) is 8.57. The number of hydrogen-bond donors (Lipinski definition) is 3. The Morgan fingerprint density at radius 1 is 1.31 bits per heavy atom. The molecule has 4 rings (SSSR count). The lowest BCUT2D eigenvalue weighted by molar-refractivity contribution is -0.137. The molecule has 17 heteroatoms. The number of aliphatic hydroxyl groups is 1. The first-order valence-corrected chi connectivity index (χ1v) is 14.9. The van der Waals surface area contributed by atoms with E-state index >= 15 is 0 Å². The SMILES string of the molecule is NS(=O)(=O)OC[C@H]1C[C@@H](Nc2ncncc2C(=O)c2cc([S@@](=O)c3cccc(C(F)(F)F)c3)c(Cl)s2)C[C@@H]1O. The van der Waals surface area contributed by atoms with E-state index in [4.69, 9.17) is 16.7 Å². The molecule has 0 unspecified atom stereocenters. The number of halogens is 4. The van der Waals surface area contributed by atoms with Gasteiger partial charge in [0.15, 0.2) is 0 Å². The second kappa shape index (κ2) is 11.6. The lowest BCUT2D eigenvalue weighted by Gasteiger charge is -2.15. The van der Waals surface area contributed by atoms with Crippen LogP contribution in [0.25, 0.3) is 0 Å². The standard InChI is InChI=1S/C22H20ClF3N4O6S3/c23-20-18(38(33)14-3-1-2-12(5-14)22(24,25)26)7-17(37-20)19(32)15-8-28-10-29-21(15)30-13-4-11(16(31)6-13)9-36-39(27,34)35/h1-3,5,7-8,10-11,13,16,31H,4,6,9H2,(H2,27,34,35)(H,28,29,30)/t11-,13-,16+,38+/m1/s1. The predicted molar refractivity (Wildman–Crippen MR) is 136 cm³/mol. The zero-order valence-corrected chi connectivity index (χ0v) is 22.8. The number of nitrogens with two attached hydrogens (primary N) is 1. The summed E-state index contributed by atoms with van der Waals surface area (Å²) >= 11 is 7.04. The average molecular weight is 625 g/mol. The van der Waals surface area contributed by atoms with Crippen molar-refractivity contribution in [3.63, 3.8) is 0 Å². The topological polar surface area (TPSA) is 162 Å². The molecule has 2 heterocycles. The number of hydrogen-bond acceptors (Lipinski definition) is 10. The molecular formula is C22H20ClF3N4O6S3. The number of aromatic nitrogens is 2. The Balaban J connectivity index is 1.53. The van der Waals surface area contributed by atoms with Gasteiger partial charge < -0.3 is 10.4 Å². The Morgan fingerprint density at radius 2 is 2.05 bits per heavy atom. The number of ketones is 1. The van der Waals surface area contributed by atoms with Crippen molar-refractivity contribution in [2.75, 3.05) is 11.9 Å². The van der Waals surface area contributed by atoms with Crippen LogP contribution in [0.1, 0.15) is 33.6 Å². The molecule has 4 N–H and O–H groups in total. The summed E-state index contributed by atoms with van der Waals surface area (Å²) in [5, 5.41) is 18.2. The van der Waals surface area contributed by atoms with Gasteiger partial charge in [0.05, 0.1) is 44.4 Å². The van der Waals surface area contributed by atoms with E-state index < -0.39 is 56.7 Å². The first-order chi connectivity index (χ1) is 18.2. The average Bonchev–Trinajstić information content (AvgIpc) is 3.43. The van der Waals surface area contributed by atoms with E-state index in [0.29, 0.717) is 6.42 Å². The van der Waals surface area contributed by atoms with Crippen LogP contribution >= 0.6 is 22.9 Å². The summed E-state index contributed by atoms with van der Waals surface area (Å²) < 4.78 is 79.0. The molecule has 0 bridgehead atoms. The number of nitrogens with zero attached hydrogens (tertiary/aromatic N) is 2. The van der Waals surface area contributed by atoms with Gasteiger partial charge in [0.2, 0.25) is 5.78 Å². The first kappa shape index (κ1) is 29.5. The van der Waals surface area contributed by atoms with Gasteiger partial charge in [-0.25, -0.2) is 19.3 Å². The highest BCUT2D eigenvalue weighted by Gasteiger charge is 2.35. The number of anilines is 1. The summed E-state index contributed by atoms with van der Waals surface area (Å²) in [7, 11) is -6.27. The van der Waals surface area contributed by atoms with E-state index in [1.165, 1.54) is 24.7 Å². The maximum atomic E-state index is 13.3. The number of thiophene rings is 1. The van der Waals surface area contributed by atoms with E-state index in [1.54, 1.807) is 0 Å². The summed E-state index contributed by atoms with van der Waals surface area (Å²) in [6, 6.07) is 4.87. The monoisotopic (exact) mass is 624 g/mol. The first-order valence-electron chi connectivity index (χ1n) is 11.1. The van der Waals surface area contributed by atoms with Gasteiger partial charge in [-0.2, -0.15) is 21.6 Å². The molecule has 1 saturated carbocycles. The molecule has 10 nitrogen and oxygen atoms in total. The predicted octanol–water partition coefficient (Wildman–Crippen LogP) is 3.38. The van der Waals surface area contributed by atoms with Crippen LogP contribution in [0.5, 0.6) is 0 Å². The minimum Gasteiger partial charge on any atom is -0.393 e. The lowest BCUT2D eigenvalue weighted by Crippen LogP contribution is -2.24. The van der Waals surface area contributed by atoms with E-state index in [1.807, 2.05) is 0 Å². The van der Waals surface area contributed by atoms with Crippen molar-refractivity contribution in [3.8, 4) is 0 Å². The number of aliphatic hydroxyl groups excluding tert-OH is 1.